The minimum atomic E-state index is -0.540. The zero-order chi connectivity index (χ0) is 39.1. The van der Waals surface area contributed by atoms with Crippen LogP contribution in [0.25, 0.3) is 110 Å². The van der Waals surface area contributed by atoms with Crippen molar-refractivity contribution in [3.63, 3.8) is 0 Å². The lowest BCUT2D eigenvalue weighted by atomic mass is 9.70. The van der Waals surface area contributed by atoms with E-state index in [1.54, 1.807) is 0 Å². The van der Waals surface area contributed by atoms with Crippen LogP contribution in [0.15, 0.2) is 199 Å². The highest BCUT2D eigenvalue weighted by Crippen LogP contribution is 2.64. The molecule has 276 valence electrons. The Hall–Kier alpha value is -7.88. The fourth-order valence-electron chi connectivity index (χ4n) is 11.0. The molecule has 2 aromatic heterocycles. The lowest BCUT2D eigenvalue weighted by Gasteiger charge is -2.31. The average Bonchev–Trinajstić information content (AvgIpc) is 3.94. The zero-order valence-corrected chi connectivity index (χ0v) is 32.3. The van der Waals surface area contributed by atoms with Gasteiger partial charge in [0.2, 0.25) is 0 Å². The highest BCUT2D eigenvalue weighted by atomic mass is 16.3. The number of furan rings is 1. The van der Waals surface area contributed by atoms with Crippen LogP contribution in [0, 0.1) is 0 Å². The molecule has 2 aliphatic carbocycles. The zero-order valence-electron chi connectivity index (χ0n) is 32.3. The molecule has 1 spiro atoms. The maximum atomic E-state index is 6.22. The van der Waals surface area contributed by atoms with Crippen LogP contribution in [-0.2, 0) is 5.41 Å². The van der Waals surface area contributed by atoms with Gasteiger partial charge in [0.15, 0.2) is 5.82 Å². The summed E-state index contributed by atoms with van der Waals surface area (Å²) in [7, 11) is 0. The number of benzene rings is 10. The summed E-state index contributed by atoms with van der Waals surface area (Å²) in [6.45, 7) is 0. The van der Waals surface area contributed by atoms with Crippen molar-refractivity contribution in [2.24, 2.45) is 0 Å². The Morgan fingerprint density at radius 2 is 0.850 bits per heavy atom. The first-order valence-corrected chi connectivity index (χ1v) is 20.6. The fraction of sp³-hybridized carbons (Fsp3) is 0.0175. The molecule has 0 bridgehead atoms. The molecule has 10 aromatic carbocycles. The Kier molecular flexibility index (Phi) is 6.22. The van der Waals surface area contributed by atoms with Gasteiger partial charge in [0.25, 0.3) is 0 Å². The van der Waals surface area contributed by atoms with Crippen molar-refractivity contribution in [1.29, 1.82) is 0 Å². The summed E-state index contributed by atoms with van der Waals surface area (Å²) in [6, 6.07) is 70.8. The molecule has 2 aliphatic rings. The first kappa shape index (κ1) is 32.1. The minimum Gasteiger partial charge on any atom is -0.456 e. The van der Waals surface area contributed by atoms with E-state index in [0.717, 1.165) is 49.7 Å². The average molecular weight is 761 g/mol. The number of hydrogen-bond donors (Lipinski definition) is 0. The molecule has 0 N–H and O–H groups in total. The molecule has 0 saturated heterocycles. The van der Waals surface area contributed by atoms with E-state index in [1.165, 1.54) is 76.8 Å². The van der Waals surface area contributed by atoms with Gasteiger partial charge >= 0.3 is 0 Å². The molecule has 0 amide bonds. The topological polar surface area (TPSA) is 38.9 Å². The Morgan fingerprint density at radius 1 is 0.317 bits per heavy atom. The van der Waals surface area contributed by atoms with E-state index >= 15 is 0 Å². The molecule has 0 radical (unpaired) electrons. The van der Waals surface area contributed by atoms with Crippen LogP contribution >= 0.6 is 0 Å². The van der Waals surface area contributed by atoms with E-state index in [2.05, 4.69) is 182 Å². The second-order valence-corrected chi connectivity index (χ2v) is 16.4. The fourth-order valence-corrected chi connectivity index (χ4v) is 11.0. The lowest BCUT2D eigenvalue weighted by Crippen LogP contribution is -2.26. The summed E-state index contributed by atoms with van der Waals surface area (Å²) in [6.07, 6.45) is 0. The van der Waals surface area contributed by atoms with E-state index in [0.29, 0.717) is 5.82 Å². The second kappa shape index (κ2) is 11.6. The molecule has 3 heteroatoms. The van der Waals surface area contributed by atoms with Crippen molar-refractivity contribution in [3.8, 4) is 44.9 Å². The van der Waals surface area contributed by atoms with E-state index in [-0.39, 0.29) is 0 Å². The van der Waals surface area contributed by atoms with Gasteiger partial charge < -0.3 is 4.42 Å². The van der Waals surface area contributed by atoms with Crippen LogP contribution < -0.4 is 0 Å². The van der Waals surface area contributed by atoms with Gasteiger partial charge in [-0.15, -0.1) is 0 Å². The molecular formula is C57H32N2O. The first-order chi connectivity index (χ1) is 29.7. The quantitative estimate of drug-likeness (QED) is 0.165. The highest BCUT2D eigenvalue weighted by Gasteiger charge is 2.52. The molecule has 14 rings (SSSR count). The van der Waals surface area contributed by atoms with Crippen molar-refractivity contribution < 1.29 is 4.42 Å². The summed E-state index contributed by atoms with van der Waals surface area (Å²) in [4.78, 5) is 10.7. The Balaban J connectivity index is 1.05. The SMILES string of the molecule is c1ccc2c(c1)-c1ccc(-c3nc(-c4ccc5oc6ccccc6c5c4)c4ccccc4n3)cc1C21c2ccccc2-c2cc3c4ccccc4c4ccccc4c3cc21. The van der Waals surface area contributed by atoms with Crippen LogP contribution in [-0.4, -0.2) is 9.97 Å². The molecule has 60 heavy (non-hydrogen) atoms. The molecular weight excluding hydrogens is 729 g/mol. The summed E-state index contributed by atoms with van der Waals surface area (Å²) < 4.78 is 6.22. The monoisotopic (exact) mass is 760 g/mol. The number of rotatable bonds is 2. The van der Waals surface area contributed by atoms with E-state index < -0.39 is 5.41 Å². The second-order valence-electron chi connectivity index (χ2n) is 16.4. The smallest absolute Gasteiger partial charge is 0.160 e. The number of fused-ring (bicyclic) bond motifs is 20. The largest absolute Gasteiger partial charge is 0.456 e. The number of para-hydroxylation sites is 2. The lowest BCUT2D eigenvalue weighted by molar-refractivity contribution is 0.669. The summed E-state index contributed by atoms with van der Waals surface area (Å²) in [5.41, 5.74) is 15.4. The molecule has 2 heterocycles. The number of nitrogens with zero attached hydrogens (tertiary/aromatic N) is 2. The van der Waals surface area contributed by atoms with Crippen LogP contribution in [0.2, 0.25) is 0 Å². The molecule has 0 fully saturated rings. The Morgan fingerprint density at radius 3 is 1.60 bits per heavy atom. The van der Waals surface area contributed by atoms with Crippen LogP contribution in [0.5, 0.6) is 0 Å². The Bertz CT molecular complexity index is 3860. The third-order valence-corrected chi connectivity index (χ3v) is 13.5. The van der Waals surface area contributed by atoms with Crippen LogP contribution in [0.4, 0.5) is 0 Å². The first-order valence-electron chi connectivity index (χ1n) is 20.6. The van der Waals surface area contributed by atoms with Gasteiger partial charge in [0.1, 0.15) is 11.2 Å². The maximum Gasteiger partial charge on any atom is 0.160 e. The number of aromatic nitrogens is 2. The minimum absolute atomic E-state index is 0.540. The summed E-state index contributed by atoms with van der Waals surface area (Å²) in [5, 5.41) is 10.9. The summed E-state index contributed by atoms with van der Waals surface area (Å²) in [5.74, 6) is 0.706. The van der Waals surface area contributed by atoms with Crippen molar-refractivity contribution in [3.05, 3.63) is 216 Å². The maximum absolute atomic E-state index is 6.22. The van der Waals surface area contributed by atoms with Crippen LogP contribution in [0.3, 0.4) is 0 Å². The number of hydrogen-bond acceptors (Lipinski definition) is 3. The molecule has 12 aromatic rings. The Labute approximate surface area is 344 Å². The van der Waals surface area contributed by atoms with Crippen molar-refractivity contribution in [1.82, 2.24) is 9.97 Å². The predicted octanol–water partition coefficient (Wildman–Crippen LogP) is 14.7. The van der Waals surface area contributed by atoms with E-state index in [9.17, 15) is 0 Å². The third-order valence-electron chi connectivity index (χ3n) is 13.5. The van der Waals surface area contributed by atoms with Gasteiger partial charge in [-0.05, 0) is 125 Å². The molecule has 1 atom stereocenters. The third kappa shape index (κ3) is 4.08. The molecule has 1 unspecified atom stereocenters. The van der Waals surface area contributed by atoms with E-state index in [1.807, 2.05) is 12.1 Å². The molecule has 0 saturated carbocycles. The van der Waals surface area contributed by atoms with Gasteiger partial charge in [-0.1, -0.05) is 146 Å². The standard InChI is InChI=1S/C57H32N2O/c1-3-15-37-35(13-1)36-14-2-4-16-38(36)45-32-51-46(31-44(37)45)40-18-6-10-22-49(40)57(51)48-21-9-5-17-39(48)41-27-25-34(30-50(41)57)56-58-52-23-11-7-20-43(52)55(59-56)33-26-28-54-47(29-33)42-19-8-12-24-53(42)60-54/h1-32H. The van der Waals surface area contributed by atoms with Crippen molar-refractivity contribution in [2.45, 2.75) is 5.41 Å². The van der Waals surface area contributed by atoms with E-state index in [4.69, 9.17) is 14.4 Å². The van der Waals surface area contributed by atoms with Gasteiger partial charge in [-0.25, -0.2) is 9.97 Å². The van der Waals surface area contributed by atoms with Gasteiger partial charge in [-0.3, -0.25) is 0 Å². The highest BCUT2D eigenvalue weighted by molar-refractivity contribution is 6.26. The van der Waals surface area contributed by atoms with Gasteiger partial charge in [0.05, 0.1) is 16.6 Å². The van der Waals surface area contributed by atoms with Gasteiger partial charge in [-0.2, -0.15) is 0 Å². The summed E-state index contributed by atoms with van der Waals surface area (Å²) >= 11 is 0. The normalized spacial score (nSPS) is 15.1. The predicted molar refractivity (Wildman–Crippen MR) is 247 cm³/mol. The van der Waals surface area contributed by atoms with Crippen LogP contribution in [0.1, 0.15) is 22.3 Å². The van der Waals surface area contributed by atoms with Crippen molar-refractivity contribution in [2.75, 3.05) is 0 Å². The molecule has 0 aliphatic heterocycles. The molecule has 3 nitrogen and oxygen atoms in total. The van der Waals surface area contributed by atoms with Crippen molar-refractivity contribution >= 4 is 65.2 Å². The van der Waals surface area contributed by atoms with Gasteiger partial charge in [0, 0.05) is 27.3 Å².